The van der Waals surface area contributed by atoms with Crippen LogP contribution in [0.3, 0.4) is 0 Å². The van der Waals surface area contributed by atoms with E-state index >= 15 is 0 Å². The second-order valence-corrected chi connectivity index (χ2v) is 7.30. The van der Waals surface area contributed by atoms with Crippen LogP contribution in [-0.2, 0) is 16.6 Å². The highest BCUT2D eigenvalue weighted by molar-refractivity contribution is 5.74. The van der Waals surface area contributed by atoms with Gasteiger partial charge in [-0.05, 0) is 48.4 Å². The molecule has 0 radical (unpaired) electrons. The van der Waals surface area contributed by atoms with Crippen molar-refractivity contribution in [2.75, 3.05) is 0 Å². The highest BCUT2D eigenvalue weighted by atomic mass is 16.3. The average Bonchev–Trinajstić information content (AvgIpc) is 2.89. The van der Waals surface area contributed by atoms with Gasteiger partial charge in [0.25, 0.3) is 0 Å². The van der Waals surface area contributed by atoms with E-state index in [1.807, 2.05) is 19.1 Å². The average molecular weight is 313 g/mol. The Morgan fingerprint density at radius 2 is 1.78 bits per heavy atom. The van der Waals surface area contributed by atoms with E-state index in [-0.39, 0.29) is 17.2 Å². The van der Waals surface area contributed by atoms with E-state index in [0.29, 0.717) is 6.42 Å². The van der Waals surface area contributed by atoms with Gasteiger partial charge in [0.15, 0.2) is 0 Å². The number of furan rings is 1. The van der Waals surface area contributed by atoms with Crippen LogP contribution in [0.15, 0.2) is 40.8 Å². The monoisotopic (exact) mass is 313 g/mol. The van der Waals surface area contributed by atoms with Crippen LogP contribution >= 0.6 is 0 Å². The fourth-order valence-electron chi connectivity index (χ4n) is 2.77. The summed E-state index contributed by atoms with van der Waals surface area (Å²) in [5, 5.41) is 0. The van der Waals surface area contributed by atoms with Crippen molar-refractivity contribution >= 4 is 5.91 Å². The van der Waals surface area contributed by atoms with Crippen LogP contribution in [0.2, 0.25) is 0 Å². The molecule has 1 aromatic carbocycles. The molecule has 0 aliphatic carbocycles. The number of hydrogen-bond donors (Lipinski definition) is 1. The van der Waals surface area contributed by atoms with Gasteiger partial charge in [-0.1, -0.05) is 45.0 Å². The molecule has 0 spiro atoms. The van der Waals surface area contributed by atoms with E-state index in [1.54, 1.807) is 0 Å². The molecule has 1 heterocycles. The first-order chi connectivity index (χ1) is 10.8. The van der Waals surface area contributed by atoms with Gasteiger partial charge in [0.1, 0.15) is 11.5 Å². The van der Waals surface area contributed by atoms with E-state index < -0.39 is 0 Å². The SMILES string of the molecule is Cc1ccc(C(CCc2ccc(C(C)(C)C)cc2)CC(N)=O)o1. The zero-order chi connectivity index (χ0) is 17.0. The van der Waals surface area contributed by atoms with Crippen LogP contribution in [0.4, 0.5) is 0 Å². The van der Waals surface area contributed by atoms with Crippen molar-refractivity contribution in [2.24, 2.45) is 5.73 Å². The number of primary amides is 1. The number of rotatable bonds is 6. The van der Waals surface area contributed by atoms with Crippen molar-refractivity contribution < 1.29 is 9.21 Å². The predicted molar refractivity (Wildman–Crippen MR) is 93.5 cm³/mol. The summed E-state index contributed by atoms with van der Waals surface area (Å²) in [6, 6.07) is 12.6. The molecular formula is C20H27NO2. The Balaban J connectivity index is 2.05. The molecule has 1 aromatic heterocycles. The van der Waals surface area contributed by atoms with Gasteiger partial charge in [-0.2, -0.15) is 0 Å². The second kappa shape index (κ2) is 7.03. The molecule has 0 aliphatic heterocycles. The minimum absolute atomic E-state index is 0.0449. The Labute approximate surface area is 138 Å². The minimum Gasteiger partial charge on any atom is -0.466 e. The molecule has 0 saturated heterocycles. The third kappa shape index (κ3) is 4.98. The first kappa shape index (κ1) is 17.3. The molecular weight excluding hydrogens is 286 g/mol. The van der Waals surface area contributed by atoms with Crippen molar-refractivity contribution in [1.82, 2.24) is 0 Å². The summed E-state index contributed by atoms with van der Waals surface area (Å²) in [4.78, 5) is 11.3. The van der Waals surface area contributed by atoms with E-state index in [0.717, 1.165) is 24.4 Å². The third-order valence-electron chi connectivity index (χ3n) is 4.21. The standard InChI is InChI=1S/C20H27NO2/c1-14-5-12-18(23-14)16(13-19(21)22)9-6-15-7-10-17(11-8-15)20(2,3)4/h5,7-8,10-12,16H,6,9,13H2,1-4H3,(H2,21,22). The number of hydrogen-bond acceptors (Lipinski definition) is 2. The maximum atomic E-state index is 11.3. The molecule has 1 atom stereocenters. The van der Waals surface area contributed by atoms with E-state index in [9.17, 15) is 4.79 Å². The van der Waals surface area contributed by atoms with E-state index in [1.165, 1.54) is 11.1 Å². The van der Waals surface area contributed by atoms with Crippen molar-refractivity contribution in [3.8, 4) is 0 Å². The Bertz CT molecular complexity index is 647. The Morgan fingerprint density at radius 3 is 2.26 bits per heavy atom. The minimum atomic E-state index is -0.285. The Morgan fingerprint density at radius 1 is 1.13 bits per heavy atom. The van der Waals surface area contributed by atoms with Gasteiger partial charge in [-0.3, -0.25) is 4.79 Å². The van der Waals surface area contributed by atoms with Gasteiger partial charge in [0, 0.05) is 12.3 Å². The maximum absolute atomic E-state index is 11.3. The van der Waals surface area contributed by atoms with Gasteiger partial charge in [0.2, 0.25) is 5.91 Å². The first-order valence-electron chi connectivity index (χ1n) is 8.20. The number of nitrogens with two attached hydrogens (primary N) is 1. The van der Waals surface area contributed by atoms with Crippen LogP contribution in [0.25, 0.3) is 0 Å². The second-order valence-electron chi connectivity index (χ2n) is 7.30. The molecule has 3 nitrogen and oxygen atoms in total. The van der Waals surface area contributed by atoms with Gasteiger partial charge in [0.05, 0.1) is 0 Å². The number of carbonyl (C=O) groups excluding carboxylic acids is 1. The first-order valence-corrected chi connectivity index (χ1v) is 8.20. The summed E-state index contributed by atoms with van der Waals surface area (Å²) < 4.78 is 5.69. The number of amides is 1. The summed E-state index contributed by atoms with van der Waals surface area (Å²) in [7, 11) is 0. The lowest BCUT2D eigenvalue weighted by molar-refractivity contribution is -0.118. The maximum Gasteiger partial charge on any atom is 0.218 e. The highest BCUT2D eigenvalue weighted by Gasteiger charge is 2.18. The molecule has 1 unspecified atom stereocenters. The largest absolute Gasteiger partial charge is 0.466 e. The number of aryl methyl sites for hydroxylation is 2. The van der Waals surface area contributed by atoms with Gasteiger partial charge in [-0.15, -0.1) is 0 Å². The molecule has 3 heteroatoms. The van der Waals surface area contributed by atoms with Gasteiger partial charge < -0.3 is 10.2 Å². The highest BCUT2D eigenvalue weighted by Crippen LogP contribution is 2.28. The summed E-state index contributed by atoms with van der Waals surface area (Å²) in [5.41, 5.74) is 8.16. The molecule has 0 saturated carbocycles. The fourth-order valence-corrected chi connectivity index (χ4v) is 2.77. The lowest BCUT2D eigenvalue weighted by Gasteiger charge is -2.19. The number of carbonyl (C=O) groups is 1. The summed E-state index contributed by atoms with van der Waals surface area (Å²) in [6.07, 6.45) is 2.08. The van der Waals surface area contributed by atoms with Crippen LogP contribution in [0, 0.1) is 6.92 Å². The summed E-state index contributed by atoms with van der Waals surface area (Å²) in [5.74, 6) is 1.48. The zero-order valence-electron chi connectivity index (χ0n) is 14.6. The quantitative estimate of drug-likeness (QED) is 0.855. The van der Waals surface area contributed by atoms with E-state index in [4.69, 9.17) is 10.2 Å². The zero-order valence-corrected chi connectivity index (χ0v) is 14.6. The van der Waals surface area contributed by atoms with Crippen molar-refractivity contribution in [3.63, 3.8) is 0 Å². The van der Waals surface area contributed by atoms with E-state index in [2.05, 4.69) is 45.0 Å². The van der Waals surface area contributed by atoms with Gasteiger partial charge >= 0.3 is 0 Å². The summed E-state index contributed by atoms with van der Waals surface area (Å²) in [6.45, 7) is 8.55. The van der Waals surface area contributed by atoms with Crippen LogP contribution < -0.4 is 5.73 Å². The van der Waals surface area contributed by atoms with Crippen molar-refractivity contribution in [2.45, 2.75) is 58.3 Å². The molecule has 0 fully saturated rings. The van der Waals surface area contributed by atoms with Crippen LogP contribution in [0.5, 0.6) is 0 Å². The van der Waals surface area contributed by atoms with Crippen molar-refractivity contribution in [3.05, 3.63) is 59.0 Å². The summed E-state index contributed by atoms with van der Waals surface area (Å²) >= 11 is 0. The molecule has 2 aromatic rings. The van der Waals surface area contributed by atoms with Crippen molar-refractivity contribution in [1.29, 1.82) is 0 Å². The molecule has 2 N–H and O–H groups in total. The lowest BCUT2D eigenvalue weighted by atomic mass is 9.86. The predicted octanol–water partition coefficient (Wildman–Crippen LogP) is 4.48. The molecule has 1 amide bonds. The van der Waals surface area contributed by atoms with Gasteiger partial charge in [-0.25, -0.2) is 0 Å². The Hall–Kier alpha value is -2.03. The fraction of sp³-hybridized carbons (Fsp3) is 0.450. The number of benzene rings is 1. The van der Waals surface area contributed by atoms with Crippen LogP contribution in [0.1, 0.15) is 62.2 Å². The molecule has 2 rings (SSSR count). The normalized spacial score (nSPS) is 13.0. The lowest BCUT2D eigenvalue weighted by Crippen LogP contribution is -2.15. The molecule has 0 bridgehead atoms. The Kier molecular flexibility index (Phi) is 5.30. The topological polar surface area (TPSA) is 56.2 Å². The van der Waals surface area contributed by atoms with Crippen LogP contribution in [-0.4, -0.2) is 5.91 Å². The molecule has 0 aliphatic rings. The molecule has 23 heavy (non-hydrogen) atoms. The smallest absolute Gasteiger partial charge is 0.218 e. The third-order valence-corrected chi connectivity index (χ3v) is 4.21. The molecule has 124 valence electrons.